The predicted octanol–water partition coefficient (Wildman–Crippen LogP) is -1.13. The summed E-state index contributed by atoms with van der Waals surface area (Å²) in [6.45, 7) is 1.33. The van der Waals surface area contributed by atoms with Crippen molar-refractivity contribution in [1.29, 1.82) is 0 Å². The molecular formula is C11H16N2O5S. The van der Waals surface area contributed by atoms with Gasteiger partial charge in [-0.25, -0.2) is 4.79 Å². The number of ether oxygens (including phenoxy) is 1. The molecule has 7 nitrogen and oxygen atoms in total. The molecule has 0 saturated carbocycles. The summed E-state index contributed by atoms with van der Waals surface area (Å²) in [4.78, 5) is 25.2. The van der Waals surface area contributed by atoms with Crippen molar-refractivity contribution >= 4 is 10.8 Å². The highest BCUT2D eigenvalue weighted by Crippen LogP contribution is 2.30. The van der Waals surface area contributed by atoms with E-state index in [4.69, 9.17) is 4.74 Å². The molecule has 0 bridgehead atoms. The first-order chi connectivity index (χ1) is 8.93. The van der Waals surface area contributed by atoms with E-state index in [1.807, 2.05) is 0 Å². The maximum absolute atomic E-state index is 11.7. The van der Waals surface area contributed by atoms with Crippen molar-refractivity contribution in [3.8, 4) is 0 Å². The van der Waals surface area contributed by atoms with Crippen LogP contribution in [0.3, 0.4) is 0 Å². The second kappa shape index (κ2) is 5.40. The van der Waals surface area contributed by atoms with Crippen molar-refractivity contribution in [1.82, 2.24) is 9.55 Å². The quantitative estimate of drug-likeness (QED) is 0.733. The van der Waals surface area contributed by atoms with E-state index in [0.29, 0.717) is 12.0 Å². The maximum Gasteiger partial charge on any atom is 0.330 e. The Kier molecular flexibility index (Phi) is 4.02. The van der Waals surface area contributed by atoms with Crippen LogP contribution in [-0.4, -0.2) is 43.1 Å². The first-order valence-electron chi connectivity index (χ1n) is 5.84. The van der Waals surface area contributed by atoms with Crippen LogP contribution >= 0.6 is 0 Å². The van der Waals surface area contributed by atoms with E-state index < -0.39 is 34.4 Å². The van der Waals surface area contributed by atoms with Gasteiger partial charge in [-0.05, 0) is 6.92 Å². The van der Waals surface area contributed by atoms with E-state index in [1.54, 1.807) is 13.2 Å². The lowest BCUT2D eigenvalue weighted by molar-refractivity contribution is -0.0240. The van der Waals surface area contributed by atoms with Crippen molar-refractivity contribution < 1.29 is 14.1 Å². The minimum absolute atomic E-state index is 0.252. The van der Waals surface area contributed by atoms with E-state index in [0.717, 1.165) is 0 Å². The zero-order valence-electron chi connectivity index (χ0n) is 10.7. The van der Waals surface area contributed by atoms with Gasteiger partial charge in [-0.1, -0.05) is 0 Å². The average molecular weight is 288 g/mol. The molecule has 0 spiro atoms. The Bertz CT molecular complexity index is 608. The lowest BCUT2D eigenvalue weighted by atomic mass is 10.2. The summed E-state index contributed by atoms with van der Waals surface area (Å²) in [7, 11) is -1.15. The Morgan fingerprint density at radius 2 is 2.26 bits per heavy atom. The molecule has 2 heterocycles. The Hall–Kier alpha value is -1.25. The fraction of sp³-hybridized carbons (Fsp3) is 0.636. The molecule has 1 fully saturated rings. The summed E-state index contributed by atoms with van der Waals surface area (Å²) >= 11 is 0. The van der Waals surface area contributed by atoms with Gasteiger partial charge in [0.05, 0.1) is 18.0 Å². The van der Waals surface area contributed by atoms with Crippen molar-refractivity contribution in [3.05, 3.63) is 32.6 Å². The lowest BCUT2D eigenvalue weighted by Crippen LogP contribution is -2.33. The number of aromatic nitrogens is 2. The molecule has 4 atom stereocenters. The van der Waals surface area contributed by atoms with Gasteiger partial charge < -0.3 is 9.84 Å². The van der Waals surface area contributed by atoms with Gasteiger partial charge in [-0.3, -0.25) is 18.6 Å². The number of H-pyrrole nitrogens is 1. The van der Waals surface area contributed by atoms with Crippen molar-refractivity contribution in [2.45, 2.75) is 30.9 Å². The first kappa shape index (κ1) is 14.2. The van der Waals surface area contributed by atoms with Gasteiger partial charge in [-0.15, -0.1) is 0 Å². The van der Waals surface area contributed by atoms with E-state index in [-0.39, 0.29) is 11.9 Å². The van der Waals surface area contributed by atoms with E-state index in [1.165, 1.54) is 10.8 Å². The fourth-order valence-electron chi connectivity index (χ4n) is 2.18. The van der Waals surface area contributed by atoms with Crippen molar-refractivity contribution in [3.63, 3.8) is 0 Å². The van der Waals surface area contributed by atoms with Gasteiger partial charge in [0.25, 0.3) is 5.56 Å². The number of nitrogens with one attached hydrogen (secondary N) is 1. The second-order valence-corrected chi connectivity index (χ2v) is 6.17. The summed E-state index contributed by atoms with van der Waals surface area (Å²) in [5.74, 6) is 0. The monoisotopic (exact) mass is 288 g/mol. The summed E-state index contributed by atoms with van der Waals surface area (Å²) in [6, 6.07) is 0. The van der Waals surface area contributed by atoms with E-state index in [9.17, 15) is 18.9 Å². The molecule has 2 rings (SSSR count). The standard InChI is InChI=1S/C11H16N2O5S/c1-6-4-13(11(16)12-10(6)15)9-3-8(19(2)17)7(5-14)18-9/h4,7-9,14H,3,5H2,1-2H3,(H,12,15,16)/t7-,8+,9-,19+/m1/s1. The molecule has 1 aliphatic heterocycles. The number of aryl methyl sites for hydroxylation is 1. The molecule has 1 aromatic rings. The van der Waals surface area contributed by atoms with Gasteiger partial charge in [-0.2, -0.15) is 0 Å². The van der Waals surface area contributed by atoms with Crippen LogP contribution in [0.4, 0.5) is 0 Å². The normalized spacial score (nSPS) is 28.5. The molecule has 2 N–H and O–H groups in total. The summed E-state index contributed by atoms with van der Waals surface area (Å²) in [5, 5.41) is 8.89. The van der Waals surface area contributed by atoms with Crippen LogP contribution in [0.1, 0.15) is 18.2 Å². The van der Waals surface area contributed by atoms with Crippen LogP contribution in [0.2, 0.25) is 0 Å². The Morgan fingerprint density at radius 1 is 1.58 bits per heavy atom. The molecule has 8 heteroatoms. The van der Waals surface area contributed by atoms with Gasteiger partial charge in [0.1, 0.15) is 6.23 Å². The third-order valence-corrected chi connectivity index (χ3v) is 4.59. The van der Waals surface area contributed by atoms with Crippen LogP contribution in [0.5, 0.6) is 0 Å². The molecule has 1 aromatic heterocycles. The predicted molar refractivity (Wildman–Crippen MR) is 69.5 cm³/mol. The van der Waals surface area contributed by atoms with E-state index in [2.05, 4.69) is 4.98 Å². The summed E-state index contributed by atoms with van der Waals surface area (Å²) in [6.07, 6.45) is 2.14. The highest BCUT2D eigenvalue weighted by molar-refractivity contribution is 7.85. The molecule has 0 amide bonds. The Balaban J connectivity index is 2.35. The lowest BCUT2D eigenvalue weighted by Gasteiger charge is -2.14. The largest absolute Gasteiger partial charge is 0.394 e. The van der Waals surface area contributed by atoms with Gasteiger partial charge in [0, 0.05) is 35.2 Å². The van der Waals surface area contributed by atoms with Crippen LogP contribution in [0, 0.1) is 6.92 Å². The number of aromatic amines is 1. The number of nitrogens with zero attached hydrogens (tertiary/aromatic N) is 1. The first-order valence-corrected chi connectivity index (χ1v) is 7.46. The summed E-state index contributed by atoms with van der Waals surface area (Å²) < 4.78 is 18.4. The number of aliphatic hydroxyl groups excluding tert-OH is 1. The maximum atomic E-state index is 11.7. The van der Waals surface area contributed by atoms with Crippen LogP contribution in [-0.2, 0) is 15.5 Å². The Morgan fingerprint density at radius 3 is 2.79 bits per heavy atom. The zero-order chi connectivity index (χ0) is 14.2. The highest BCUT2D eigenvalue weighted by atomic mass is 32.2. The van der Waals surface area contributed by atoms with E-state index >= 15 is 0 Å². The molecule has 106 valence electrons. The number of rotatable bonds is 3. The SMILES string of the molecule is Cc1cn([C@H]2C[C@H]([S@](C)=O)[C@@H](CO)O2)c(=O)[nH]c1=O. The molecule has 0 unspecified atom stereocenters. The second-order valence-electron chi connectivity index (χ2n) is 4.56. The van der Waals surface area contributed by atoms with Gasteiger partial charge >= 0.3 is 5.69 Å². The molecule has 19 heavy (non-hydrogen) atoms. The Labute approximate surface area is 111 Å². The molecule has 0 aromatic carbocycles. The van der Waals surface area contributed by atoms with Crippen LogP contribution < -0.4 is 11.2 Å². The van der Waals surface area contributed by atoms with Crippen molar-refractivity contribution in [2.75, 3.05) is 12.9 Å². The van der Waals surface area contributed by atoms with Crippen LogP contribution in [0.25, 0.3) is 0 Å². The summed E-state index contributed by atoms with van der Waals surface area (Å²) in [5.41, 5.74) is -0.613. The molecule has 1 saturated heterocycles. The van der Waals surface area contributed by atoms with Crippen LogP contribution in [0.15, 0.2) is 15.8 Å². The smallest absolute Gasteiger partial charge is 0.330 e. The van der Waals surface area contributed by atoms with Gasteiger partial charge in [0.2, 0.25) is 0 Å². The van der Waals surface area contributed by atoms with Crippen molar-refractivity contribution in [2.24, 2.45) is 0 Å². The van der Waals surface area contributed by atoms with Gasteiger partial charge in [0.15, 0.2) is 0 Å². The minimum Gasteiger partial charge on any atom is -0.394 e. The fourth-order valence-corrected chi connectivity index (χ4v) is 3.20. The topological polar surface area (TPSA) is 101 Å². The zero-order valence-corrected chi connectivity index (χ0v) is 11.5. The molecule has 0 aliphatic carbocycles. The number of hydrogen-bond acceptors (Lipinski definition) is 5. The molecule has 0 radical (unpaired) electrons. The average Bonchev–Trinajstić information content (AvgIpc) is 2.77. The molecular weight excluding hydrogens is 272 g/mol. The third-order valence-electron chi connectivity index (χ3n) is 3.24. The highest BCUT2D eigenvalue weighted by Gasteiger charge is 2.38. The number of hydrogen-bond donors (Lipinski definition) is 2. The molecule has 1 aliphatic rings. The third kappa shape index (κ3) is 2.70. The minimum atomic E-state index is -1.15. The number of aliphatic hydroxyl groups is 1.